The van der Waals surface area contributed by atoms with Gasteiger partial charge < -0.3 is 0 Å². The summed E-state index contributed by atoms with van der Waals surface area (Å²) in [6.07, 6.45) is 0. The summed E-state index contributed by atoms with van der Waals surface area (Å²) in [4.78, 5) is 0. The van der Waals surface area contributed by atoms with Crippen LogP contribution in [0.3, 0.4) is 0 Å². The van der Waals surface area contributed by atoms with E-state index in [9.17, 15) is 7.84 Å². The van der Waals surface area contributed by atoms with Crippen molar-refractivity contribution in [2.24, 2.45) is 0 Å². The number of hydrogen-bond donors (Lipinski definition) is 1. The summed E-state index contributed by atoms with van der Waals surface area (Å²) in [6, 6.07) is 7.56. The minimum Gasteiger partial charge on any atom is 1.00 e. The molecule has 0 bridgehead atoms. The summed E-state index contributed by atoms with van der Waals surface area (Å²) < 4.78 is 29.5. The van der Waals surface area contributed by atoms with Crippen LogP contribution in [0.2, 0.25) is 0 Å². The zero-order valence-corrected chi connectivity index (χ0v) is 9.97. The molecule has 0 aliphatic heterocycles. The number of benzene rings is 1. The van der Waals surface area contributed by atoms with Gasteiger partial charge in [-0.25, -0.2) is 0 Å². The topological polar surface area (TPSA) is 60.4 Å². The molecule has 0 saturated heterocycles. The van der Waals surface area contributed by atoms with Crippen molar-refractivity contribution in [3.05, 3.63) is 30.3 Å². The Kier molecular flexibility index (Phi) is 4.71. The van der Waals surface area contributed by atoms with E-state index in [4.69, 9.17) is 4.10 Å². The molecule has 0 saturated carbocycles. The van der Waals surface area contributed by atoms with E-state index in [1.807, 2.05) is 0 Å². The quantitative estimate of drug-likeness (QED) is 0.490. The van der Waals surface area contributed by atoms with Crippen LogP contribution in [0.1, 0.15) is 0 Å². The van der Waals surface area contributed by atoms with Gasteiger partial charge in [0.15, 0.2) is 0 Å². The van der Waals surface area contributed by atoms with E-state index in [0.717, 1.165) is 0 Å². The van der Waals surface area contributed by atoms with Gasteiger partial charge in [0.2, 0.25) is 0 Å². The predicted molar refractivity (Wildman–Crippen MR) is 34.7 cm³/mol. The first kappa shape index (κ1) is 11.5. The van der Waals surface area contributed by atoms with E-state index in [-0.39, 0.29) is 33.9 Å². The van der Waals surface area contributed by atoms with Crippen molar-refractivity contribution >= 4 is 18.5 Å². The van der Waals surface area contributed by atoms with Crippen LogP contribution < -0.4 is 38.0 Å². The smallest absolute Gasteiger partial charge is 1.00 e. The van der Waals surface area contributed by atoms with Crippen LogP contribution in [0.25, 0.3) is 0 Å². The van der Waals surface area contributed by atoms with Crippen molar-refractivity contribution < 1.29 is 41.5 Å². The second-order valence-electron chi connectivity index (χ2n) is 1.86. The van der Waals surface area contributed by atoms with Crippen LogP contribution in [0.4, 0.5) is 0 Å². The van der Waals surface area contributed by atoms with Crippen LogP contribution in [-0.2, 0) is 3.74 Å². The standard InChI is InChI=1S/C6H7AsO3.Na/c8-7(9,10)6-4-2-1-3-5-6;/h1-5H,(H2,8,9,10);/q;+1/p-1. The summed E-state index contributed by atoms with van der Waals surface area (Å²) in [6.45, 7) is 0. The van der Waals surface area contributed by atoms with Crippen molar-refractivity contribution in [3.63, 3.8) is 0 Å². The maximum Gasteiger partial charge on any atom is 1.00 e. The molecule has 5 heteroatoms. The molecule has 1 aromatic carbocycles. The summed E-state index contributed by atoms with van der Waals surface area (Å²) >= 11 is -4.85. The van der Waals surface area contributed by atoms with Gasteiger partial charge in [-0.15, -0.1) is 0 Å². The van der Waals surface area contributed by atoms with Gasteiger partial charge >= 0.3 is 90.3 Å². The Morgan fingerprint density at radius 2 is 1.73 bits per heavy atom. The Hall–Kier alpha value is 0.498. The van der Waals surface area contributed by atoms with Crippen LogP contribution in [0.15, 0.2) is 30.3 Å². The van der Waals surface area contributed by atoms with Gasteiger partial charge in [-0.05, 0) is 0 Å². The van der Waals surface area contributed by atoms with Gasteiger partial charge in [0.05, 0.1) is 0 Å². The minimum atomic E-state index is -4.85. The average Bonchev–Trinajstić information content (AvgIpc) is 1.88. The summed E-state index contributed by atoms with van der Waals surface area (Å²) in [5.41, 5.74) is 0. The molecule has 1 aromatic rings. The molecular weight excluding hydrogens is 218 g/mol. The number of hydrogen-bond acceptors (Lipinski definition) is 2. The Morgan fingerprint density at radius 1 is 1.27 bits per heavy atom. The van der Waals surface area contributed by atoms with Crippen LogP contribution >= 0.6 is 0 Å². The molecule has 3 nitrogen and oxygen atoms in total. The summed E-state index contributed by atoms with van der Waals surface area (Å²) in [5.74, 6) is 0. The van der Waals surface area contributed by atoms with E-state index >= 15 is 0 Å². The molecule has 0 aromatic heterocycles. The van der Waals surface area contributed by atoms with Gasteiger partial charge in [0, 0.05) is 0 Å². The molecule has 0 spiro atoms. The van der Waals surface area contributed by atoms with Gasteiger partial charge in [-0.2, -0.15) is 0 Å². The Morgan fingerprint density at radius 3 is 2.00 bits per heavy atom. The fourth-order valence-corrected chi connectivity index (χ4v) is 1.77. The van der Waals surface area contributed by atoms with Gasteiger partial charge in [-0.3, -0.25) is 0 Å². The molecule has 1 rings (SSSR count). The van der Waals surface area contributed by atoms with Crippen LogP contribution in [0, 0.1) is 0 Å². The monoisotopic (exact) mass is 224 g/mol. The largest absolute Gasteiger partial charge is 1.00 e. The fourth-order valence-electron chi connectivity index (χ4n) is 0.616. The average molecular weight is 224 g/mol. The van der Waals surface area contributed by atoms with Crippen molar-refractivity contribution in [3.8, 4) is 0 Å². The minimum absolute atomic E-state index is 0. The van der Waals surface area contributed by atoms with E-state index in [0.29, 0.717) is 0 Å². The fraction of sp³-hybridized carbons (Fsp3) is 0. The molecule has 0 amide bonds. The molecule has 0 aliphatic carbocycles. The van der Waals surface area contributed by atoms with E-state index in [2.05, 4.69) is 0 Å². The van der Waals surface area contributed by atoms with Gasteiger partial charge in [0.25, 0.3) is 0 Å². The molecule has 1 unspecified atom stereocenters. The third kappa shape index (κ3) is 3.61. The van der Waals surface area contributed by atoms with Crippen molar-refractivity contribution in [2.75, 3.05) is 0 Å². The second kappa shape index (κ2) is 4.51. The zero-order chi connectivity index (χ0) is 7.61. The van der Waals surface area contributed by atoms with Gasteiger partial charge in [-0.1, -0.05) is 0 Å². The van der Waals surface area contributed by atoms with E-state index < -0.39 is 14.2 Å². The van der Waals surface area contributed by atoms with Crippen molar-refractivity contribution in [2.45, 2.75) is 0 Å². The second-order valence-corrected chi connectivity index (χ2v) is 5.12. The number of rotatable bonds is 1. The SMILES string of the molecule is O=[As]([O-])(O)c1ccccc1.[Na+]. The first-order valence-corrected chi connectivity index (χ1v) is 6.01. The van der Waals surface area contributed by atoms with E-state index in [1.165, 1.54) is 12.1 Å². The third-order valence-corrected chi connectivity index (χ3v) is 3.08. The van der Waals surface area contributed by atoms with Crippen LogP contribution in [-0.4, -0.2) is 18.3 Å². The molecule has 0 radical (unpaired) electrons. The Bertz CT molecular complexity index is 256. The molecule has 11 heavy (non-hydrogen) atoms. The summed E-state index contributed by atoms with van der Waals surface area (Å²) in [7, 11) is 0. The molecular formula is C6H6AsNaO3. The van der Waals surface area contributed by atoms with E-state index in [1.54, 1.807) is 18.2 Å². The molecule has 1 atom stereocenters. The van der Waals surface area contributed by atoms with Crippen molar-refractivity contribution in [1.29, 1.82) is 0 Å². The molecule has 54 valence electrons. The maximum atomic E-state index is 10.5. The molecule has 1 N–H and O–H groups in total. The Labute approximate surface area is 89.7 Å². The Balaban J connectivity index is 0.000001000. The molecule has 0 heterocycles. The first-order chi connectivity index (χ1) is 4.61. The summed E-state index contributed by atoms with van der Waals surface area (Å²) in [5, 5.41) is 0. The zero-order valence-electron chi connectivity index (χ0n) is 6.10. The predicted octanol–water partition coefficient (Wildman–Crippen LogP) is -4.38. The van der Waals surface area contributed by atoms with Crippen LogP contribution in [0.5, 0.6) is 0 Å². The molecule has 0 aliphatic rings. The first-order valence-electron chi connectivity index (χ1n) is 2.70. The third-order valence-electron chi connectivity index (χ3n) is 1.08. The molecule has 0 fully saturated rings. The van der Waals surface area contributed by atoms with Gasteiger partial charge in [0.1, 0.15) is 0 Å². The van der Waals surface area contributed by atoms with Crippen molar-refractivity contribution in [1.82, 2.24) is 0 Å². The normalized spacial score (nSPS) is 14.7. The maximum absolute atomic E-state index is 10.5.